The van der Waals surface area contributed by atoms with E-state index < -0.39 is 0 Å². The number of hydrogen-bond acceptors (Lipinski definition) is 4. The summed E-state index contributed by atoms with van der Waals surface area (Å²) in [4.78, 5) is 23.8. The minimum absolute atomic E-state index is 0.155. The van der Waals surface area contributed by atoms with Crippen LogP contribution < -0.4 is 4.90 Å². The standard InChI is InChI=1S/C21H15Cl2N3OS/c1-13-11-24-7-6-17(13)21(27)26(16-9-14(22)8-15(23)10-16)12-20-25-18-4-2-3-5-19(18)28-20/h2-11H,12H2,1H3. The molecule has 0 N–H and O–H groups in total. The van der Waals surface area contributed by atoms with Crippen molar-refractivity contribution in [3.05, 3.63) is 87.1 Å². The van der Waals surface area contributed by atoms with E-state index >= 15 is 0 Å². The Morgan fingerprint density at radius 3 is 2.57 bits per heavy atom. The third-order valence-electron chi connectivity index (χ3n) is 4.29. The van der Waals surface area contributed by atoms with E-state index in [2.05, 4.69) is 9.97 Å². The topological polar surface area (TPSA) is 46.1 Å². The Hall–Kier alpha value is -2.47. The highest BCUT2D eigenvalue weighted by Gasteiger charge is 2.22. The lowest BCUT2D eigenvalue weighted by Gasteiger charge is -2.23. The molecule has 4 rings (SSSR count). The number of carbonyl (C=O) groups is 1. The van der Waals surface area contributed by atoms with Gasteiger partial charge in [0, 0.05) is 33.7 Å². The second-order valence-electron chi connectivity index (χ2n) is 6.28. The number of carbonyl (C=O) groups excluding carboxylic acids is 1. The first-order valence-electron chi connectivity index (χ1n) is 8.54. The molecule has 4 nitrogen and oxygen atoms in total. The van der Waals surface area contributed by atoms with Crippen molar-refractivity contribution in [3.8, 4) is 0 Å². The predicted octanol–water partition coefficient (Wildman–Crippen LogP) is 6.15. The quantitative estimate of drug-likeness (QED) is 0.392. The molecule has 0 fully saturated rings. The SMILES string of the molecule is Cc1cnccc1C(=O)N(Cc1nc2ccccc2s1)c1cc(Cl)cc(Cl)c1. The minimum Gasteiger partial charge on any atom is -0.301 e. The molecule has 140 valence electrons. The summed E-state index contributed by atoms with van der Waals surface area (Å²) < 4.78 is 1.08. The number of pyridine rings is 1. The van der Waals surface area contributed by atoms with Crippen LogP contribution in [0.4, 0.5) is 5.69 Å². The first kappa shape index (κ1) is 18.9. The number of rotatable bonds is 4. The third kappa shape index (κ3) is 3.87. The fraction of sp³-hybridized carbons (Fsp3) is 0.0952. The van der Waals surface area contributed by atoms with Gasteiger partial charge in [0.25, 0.3) is 5.91 Å². The second kappa shape index (κ2) is 7.87. The van der Waals surface area contributed by atoms with Crippen LogP contribution >= 0.6 is 34.5 Å². The van der Waals surface area contributed by atoms with Crippen molar-refractivity contribution in [2.45, 2.75) is 13.5 Å². The van der Waals surface area contributed by atoms with E-state index in [0.29, 0.717) is 27.8 Å². The number of para-hydroxylation sites is 1. The highest BCUT2D eigenvalue weighted by atomic mass is 35.5. The van der Waals surface area contributed by atoms with Crippen molar-refractivity contribution in [2.75, 3.05) is 4.90 Å². The normalized spacial score (nSPS) is 11.0. The van der Waals surface area contributed by atoms with Crippen LogP contribution in [0.25, 0.3) is 10.2 Å². The van der Waals surface area contributed by atoms with Crippen molar-refractivity contribution >= 4 is 56.3 Å². The van der Waals surface area contributed by atoms with Crippen LogP contribution in [0.5, 0.6) is 0 Å². The van der Waals surface area contributed by atoms with Crippen LogP contribution in [0.1, 0.15) is 20.9 Å². The molecule has 0 saturated carbocycles. The zero-order chi connectivity index (χ0) is 19.7. The summed E-state index contributed by atoms with van der Waals surface area (Å²) in [6.07, 6.45) is 3.29. The molecule has 28 heavy (non-hydrogen) atoms. The fourth-order valence-corrected chi connectivity index (χ4v) is 4.43. The average molecular weight is 428 g/mol. The molecule has 7 heteroatoms. The average Bonchev–Trinajstić information content (AvgIpc) is 3.08. The monoisotopic (exact) mass is 427 g/mol. The van der Waals surface area contributed by atoms with E-state index in [4.69, 9.17) is 23.2 Å². The molecule has 0 aliphatic heterocycles. The van der Waals surface area contributed by atoms with Gasteiger partial charge in [-0.3, -0.25) is 9.78 Å². The van der Waals surface area contributed by atoms with Gasteiger partial charge in [0.2, 0.25) is 0 Å². The first-order valence-corrected chi connectivity index (χ1v) is 10.1. The molecule has 0 spiro atoms. The molecule has 2 heterocycles. The van der Waals surface area contributed by atoms with Crippen molar-refractivity contribution in [1.82, 2.24) is 9.97 Å². The van der Waals surface area contributed by atoms with Gasteiger partial charge in [-0.15, -0.1) is 11.3 Å². The van der Waals surface area contributed by atoms with E-state index in [9.17, 15) is 4.79 Å². The minimum atomic E-state index is -0.155. The zero-order valence-corrected chi connectivity index (χ0v) is 17.2. The summed E-state index contributed by atoms with van der Waals surface area (Å²) in [7, 11) is 0. The molecular formula is C21H15Cl2N3OS. The number of fused-ring (bicyclic) bond motifs is 1. The Morgan fingerprint density at radius 2 is 1.86 bits per heavy atom. The van der Waals surface area contributed by atoms with Crippen LogP contribution in [0.15, 0.2) is 60.9 Å². The summed E-state index contributed by atoms with van der Waals surface area (Å²) in [5.41, 5.74) is 2.92. The first-order chi connectivity index (χ1) is 13.5. The fourth-order valence-electron chi connectivity index (χ4n) is 2.96. The van der Waals surface area contributed by atoms with Gasteiger partial charge in [-0.25, -0.2) is 4.98 Å². The maximum atomic E-state index is 13.4. The Balaban J connectivity index is 1.78. The number of hydrogen-bond donors (Lipinski definition) is 0. The molecular weight excluding hydrogens is 413 g/mol. The van der Waals surface area contributed by atoms with Crippen LogP contribution in [0.2, 0.25) is 10.0 Å². The largest absolute Gasteiger partial charge is 0.301 e. The Morgan fingerprint density at radius 1 is 1.11 bits per heavy atom. The van der Waals surface area contributed by atoms with E-state index in [1.807, 2.05) is 31.2 Å². The molecule has 0 atom stereocenters. The smallest absolute Gasteiger partial charge is 0.259 e. The lowest BCUT2D eigenvalue weighted by molar-refractivity contribution is 0.0984. The number of aromatic nitrogens is 2. The summed E-state index contributed by atoms with van der Waals surface area (Å²) in [6, 6.07) is 14.7. The molecule has 0 unspecified atom stereocenters. The van der Waals surface area contributed by atoms with Gasteiger partial charge in [0.15, 0.2) is 0 Å². The molecule has 0 aliphatic carbocycles. The van der Waals surface area contributed by atoms with Gasteiger partial charge < -0.3 is 4.90 Å². The van der Waals surface area contributed by atoms with Crippen molar-refractivity contribution in [2.24, 2.45) is 0 Å². The van der Waals surface area contributed by atoms with E-state index in [1.165, 1.54) is 0 Å². The summed E-state index contributed by atoms with van der Waals surface area (Å²) in [5, 5.41) is 1.77. The zero-order valence-electron chi connectivity index (χ0n) is 14.9. The van der Waals surface area contributed by atoms with Crippen molar-refractivity contribution in [3.63, 3.8) is 0 Å². The van der Waals surface area contributed by atoms with E-state index in [1.54, 1.807) is 52.9 Å². The lowest BCUT2D eigenvalue weighted by atomic mass is 10.1. The molecule has 0 radical (unpaired) electrons. The third-order valence-corrected chi connectivity index (χ3v) is 5.74. The van der Waals surface area contributed by atoms with Gasteiger partial charge in [-0.2, -0.15) is 0 Å². The number of amides is 1. The van der Waals surface area contributed by atoms with Gasteiger partial charge in [0.05, 0.1) is 16.8 Å². The molecule has 1 amide bonds. The maximum Gasteiger partial charge on any atom is 0.259 e. The van der Waals surface area contributed by atoms with Crippen LogP contribution in [0.3, 0.4) is 0 Å². The van der Waals surface area contributed by atoms with E-state index in [-0.39, 0.29) is 5.91 Å². The van der Waals surface area contributed by atoms with Gasteiger partial charge in [0.1, 0.15) is 5.01 Å². The second-order valence-corrected chi connectivity index (χ2v) is 8.27. The number of anilines is 1. The number of halogens is 2. The summed E-state index contributed by atoms with van der Waals surface area (Å²) in [6.45, 7) is 2.18. The Kier molecular flexibility index (Phi) is 5.31. The molecule has 4 aromatic rings. The van der Waals surface area contributed by atoms with Crippen molar-refractivity contribution < 1.29 is 4.79 Å². The van der Waals surface area contributed by atoms with Gasteiger partial charge >= 0.3 is 0 Å². The highest BCUT2D eigenvalue weighted by Crippen LogP contribution is 2.30. The molecule has 2 aromatic carbocycles. The molecule has 0 aliphatic rings. The lowest BCUT2D eigenvalue weighted by Crippen LogP contribution is -2.31. The molecule has 0 saturated heterocycles. The number of benzene rings is 2. The maximum absolute atomic E-state index is 13.4. The highest BCUT2D eigenvalue weighted by molar-refractivity contribution is 7.18. The van der Waals surface area contributed by atoms with E-state index in [0.717, 1.165) is 20.8 Å². The Bertz CT molecular complexity index is 1120. The number of thiazole rings is 1. The predicted molar refractivity (Wildman–Crippen MR) is 116 cm³/mol. The number of aryl methyl sites for hydroxylation is 1. The molecule has 2 aromatic heterocycles. The van der Waals surface area contributed by atoms with Crippen LogP contribution in [-0.2, 0) is 6.54 Å². The van der Waals surface area contributed by atoms with Gasteiger partial charge in [-0.05, 0) is 48.9 Å². The summed E-state index contributed by atoms with van der Waals surface area (Å²) >= 11 is 14.0. The van der Waals surface area contributed by atoms with Gasteiger partial charge in [-0.1, -0.05) is 35.3 Å². The molecule has 0 bridgehead atoms. The number of nitrogens with zero attached hydrogens (tertiary/aromatic N) is 3. The van der Waals surface area contributed by atoms with Crippen LogP contribution in [-0.4, -0.2) is 15.9 Å². The van der Waals surface area contributed by atoms with Crippen molar-refractivity contribution in [1.29, 1.82) is 0 Å². The Labute approximate surface area is 176 Å². The van der Waals surface area contributed by atoms with Crippen LogP contribution in [0, 0.1) is 6.92 Å². The summed E-state index contributed by atoms with van der Waals surface area (Å²) in [5.74, 6) is -0.155.